The predicted molar refractivity (Wildman–Crippen MR) is 113 cm³/mol. The average Bonchev–Trinajstić information content (AvgIpc) is 3.33. The molecule has 0 radical (unpaired) electrons. The van der Waals surface area contributed by atoms with Crippen molar-refractivity contribution in [2.75, 3.05) is 13.4 Å². The van der Waals surface area contributed by atoms with E-state index in [0.717, 1.165) is 15.8 Å². The van der Waals surface area contributed by atoms with Gasteiger partial charge in [-0.05, 0) is 18.9 Å². The minimum atomic E-state index is -0.286. The minimum Gasteiger partial charge on any atom is -0.466 e. The number of thiazole rings is 1. The molecule has 1 aliphatic heterocycles. The van der Waals surface area contributed by atoms with Crippen molar-refractivity contribution in [3.05, 3.63) is 52.8 Å². The van der Waals surface area contributed by atoms with E-state index in [1.165, 1.54) is 11.3 Å². The number of nitrogens with zero attached hydrogens (tertiary/aromatic N) is 2. The summed E-state index contributed by atoms with van der Waals surface area (Å²) in [5.74, 6) is 0.831. The maximum Gasteiger partial charge on any atom is 0.307 e. The summed E-state index contributed by atoms with van der Waals surface area (Å²) in [5.41, 5.74) is 1.95. The predicted octanol–water partition coefficient (Wildman–Crippen LogP) is 3.44. The lowest BCUT2D eigenvalue weighted by atomic mass is 10.1. The smallest absolute Gasteiger partial charge is 0.307 e. The molecule has 1 aliphatic rings. The van der Waals surface area contributed by atoms with Crippen molar-refractivity contribution in [3.63, 3.8) is 0 Å². The van der Waals surface area contributed by atoms with Crippen molar-refractivity contribution in [3.8, 4) is 11.5 Å². The molecule has 0 spiro atoms. The first-order valence-corrected chi connectivity index (χ1v) is 10.7. The molecule has 8 heteroatoms. The molecule has 0 atom stereocenters. The summed E-state index contributed by atoms with van der Waals surface area (Å²) >= 11 is 1.39. The fourth-order valence-corrected chi connectivity index (χ4v) is 4.34. The van der Waals surface area contributed by atoms with Gasteiger partial charge in [0.2, 0.25) is 12.7 Å². The first kappa shape index (κ1) is 20.2. The number of ether oxygens (including phenoxy) is 3. The fourth-order valence-electron chi connectivity index (χ4n) is 3.26. The molecule has 0 fully saturated rings. The molecule has 2 aromatic carbocycles. The Morgan fingerprint density at radius 1 is 1.13 bits per heavy atom. The van der Waals surface area contributed by atoms with Gasteiger partial charge in [-0.15, -0.1) is 0 Å². The first-order valence-electron chi connectivity index (χ1n) is 9.84. The number of aromatic nitrogens is 1. The van der Waals surface area contributed by atoms with Crippen molar-refractivity contribution < 1.29 is 23.8 Å². The third-order valence-electron chi connectivity index (χ3n) is 4.71. The van der Waals surface area contributed by atoms with Crippen molar-refractivity contribution in [2.24, 2.45) is 4.99 Å². The second-order valence-corrected chi connectivity index (χ2v) is 7.76. The number of carbonyl (C=O) groups excluding carboxylic acids is 2. The standard InChI is InChI=1S/C22H22N2O5S/c1-2-27-21(26)10-11-24-16-12-17-18(29-14-28-17)13-19(16)30-22(24)23-20(25)9-8-15-6-4-3-5-7-15/h3-7,12-13H,2,8-11,14H2,1H3. The fraction of sp³-hybridized carbons (Fsp3) is 0.318. The first-order chi connectivity index (χ1) is 14.6. The number of fused-ring (bicyclic) bond motifs is 2. The van der Waals surface area contributed by atoms with Crippen LogP contribution in [0.2, 0.25) is 0 Å². The summed E-state index contributed by atoms with van der Waals surface area (Å²) in [4.78, 5) is 29.3. The van der Waals surface area contributed by atoms with Gasteiger partial charge in [0.1, 0.15) is 0 Å². The van der Waals surface area contributed by atoms with E-state index in [0.29, 0.717) is 42.3 Å². The van der Waals surface area contributed by atoms with Crippen LogP contribution in [-0.4, -0.2) is 29.8 Å². The second-order valence-electron chi connectivity index (χ2n) is 6.76. The molecule has 0 saturated carbocycles. The Morgan fingerprint density at radius 2 is 1.90 bits per heavy atom. The van der Waals surface area contributed by atoms with Gasteiger partial charge >= 0.3 is 5.97 Å². The van der Waals surface area contributed by atoms with Crippen LogP contribution in [0, 0.1) is 0 Å². The Balaban J connectivity index is 1.63. The molecular formula is C22H22N2O5S. The van der Waals surface area contributed by atoms with Crippen LogP contribution in [0.4, 0.5) is 0 Å². The van der Waals surface area contributed by atoms with Gasteiger partial charge in [-0.25, -0.2) is 0 Å². The van der Waals surface area contributed by atoms with Crippen LogP contribution in [-0.2, 0) is 27.3 Å². The summed E-state index contributed by atoms with van der Waals surface area (Å²) < 4.78 is 18.8. The zero-order chi connectivity index (χ0) is 20.9. The Hall–Kier alpha value is -3.13. The van der Waals surface area contributed by atoms with Crippen LogP contribution in [0.1, 0.15) is 25.3 Å². The van der Waals surface area contributed by atoms with E-state index in [1.807, 2.05) is 47.0 Å². The largest absolute Gasteiger partial charge is 0.466 e. The summed E-state index contributed by atoms with van der Waals surface area (Å²) in [5, 5.41) is 0. The molecular weight excluding hydrogens is 404 g/mol. The lowest BCUT2D eigenvalue weighted by Gasteiger charge is -2.06. The zero-order valence-corrected chi connectivity index (χ0v) is 17.4. The molecule has 1 aromatic heterocycles. The van der Waals surface area contributed by atoms with E-state index < -0.39 is 0 Å². The average molecular weight is 426 g/mol. The highest BCUT2D eigenvalue weighted by atomic mass is 32.1. The van der Waals surface area contributed by atoms with E-state index in [4.69, 9.17) is 14.2 Å². The van der Waals surface area contributed by atoms with E-state index in [2.05, 4.69) is 4.99 Å². The zero-order valence-electron chi connectivity index (χ0n) is 16.6. The van der Waals surface area contributed by atoms with Crippen LogP contribution >= 0.6 is 11.3 Å². The summed E-state index contributed by atoms with van der Waals surface area (Å²) in [7, 11) is 0. The van der Waals surface area contributed by atoms with Crippen LogP contribution in [0.15, 0.2) is 47.5 Å². The molecule has 4 rings (SSSR count). The van der Waals surface area contributed by atoms with Gasteiger partial charge in [0, 0.05) is 25.1 Å². The molecule has 1 amide bonds. The molecule has 0 aliphatic carbocycles. The quantitative estimate of drug-likeness (QED) is 0.541. The van der Waals surface area contributed by atoms with Gasteiger partial charge < -0.3 is 18.8 Å². The SMILES string of the molecule is CCOC(=O)CCn1c(=NC(=O)CCc2ccccc2)sc2cc3c(cc21)OCO3. The van der Waals surface area contributed by atoms with Crippen molar-refractivity contribution in [1.29, 1.82) is 0 Å². The Labute approximate surface area is 177 Å². The topological polar surface area (TPSA) is 79.1 Å². The molecule has 0 saturated heterocycles. The van der Waals surface area contributed by atoms with Gasteiger partial charge in [-0.2, -0.15) is 4.99 Å². The van der Waals surface area contributed by atoms with Crippen LogP contribution in [0.5, 0.6) is 11.5 Å². The Morgan fingerprint density at radius 3 is 2.67 bits per heavy atom. The van der Waals surface area contributed by atoms with Crippen molar-refractivity contribution >= 4 is 33.4 Å². The highest BCUT2D eigenvalue weighted by molar-refractivity contribution is 7.16. The van der Waals surface area contributed by atoms with Gasteiger partial charge in [0.05, 0.1) is 23.2 Å². The lowest BCUT2D eigenvalue weighted by Crippen LogP contribution is -2.19. The summed E-state index contributed by atoms with van der Waals surface area (Å²) in [6, 6.07) is 13.6. The number of rotatable bonds is 7. The number of carbonyl (C=O) groups is 2. The van der Waals surface area contributed by atoms with Gasteiger partial charge in [-0.1, -0.05) is 41.7 Å². The van der Waals surface area contributed by atoms with Crippen molar-refractivity contribution in [2.45, 2.75) is 32.7 Å². The Bertz CT molecular complexity index is 1130. The molecule has 30 heavy (non-hydrogen) atoms. The maximum atomic E-state index is 12.5. The molecule has 0 N–H and O–H groups in total. The molecule has 3 aromatic rings. The molecule has 0 bridgehead atoms. The third-order valence-corrected chi connectivity index (χ3v) is 5.75. The molecule has 156 valence electrons. The van der Waals surface area contributed by atoms with E-state index in [1.54, 1.807) is 6.92 Å². The number of hydrogen-bond acceptors (Lipinski definition) is 6. The molecule has 0 unspecified atom stereocenters. The van der Waals surface area contributed by atoms with Gasteiger partial charge in [0.25, 0.3) is 0 Å². The van der Waals surface area contributed by atoms with Crippen LogP contribution in [0.25, 0.3) is 10.2 Å². The lowest BCUT2D eigenvalue weighted by molar-refractivity contribution is -0.143. The highest BCUT2D eigenvalue weighted by Crippen LogP contribution is 2.37. The van der Waals surface area contributed by atoms with Crippen LogP contribution < -0.4 is 14.3 Å². The van der Waals surface area contributed by atoms with Crippen LogP contribution in [0.3, 0.4) is 0 Å². The molecule has 7 nitrogen and oxygen atoms in total. The Kier molecular flexibility index (Phi) is 6.13. The third kappa shape index (κ3) is 4.54. The highest BCUT2D eigenvalue weighted by Gasteiger charge is 2.18. The van der Waals surface area contributed by atoms with Crippen molar-refractivity contribution in [1.82, 2.24) is 4.57 Å². The van der Waals surface area contributed by atoms with E-state index >= 15 is 0 Å². The molecule has 2 heterocycles. The number of esters is 1. The van der Waals surface area contributed by atoms with Gasteiger partial charge in [0.15, 0.2) is 16.3 Å². The second kappa shape index (κ2) is 9.13. The minimum absolute atomic E-state index is 0.185. The summed E-state index contributed by atoms with van der Waals surface area (Å²) in [6.07, 6.45) is 1.14. The number of benzene rings is 2. The number of hydrogen-bond donors (Lipinski definition) is 0. The number of amides is 1. The summed E-state index contributed by atoms with van der Waals surface area (Å²) in [6.45, 7) is 2.66. The van der Waals surface area contributed by atoms with E-state index in [-0.39, 0.29) is 25.1 Å². The maximum absolute atomic E-state index is 12.5. The van der Waals surface area contributed by atoms with E-state index in [9.17, 15) is 9.59 Å². The van der Waals surface area contributed by atoms with Gasteiger partial charge in [-0.3, -0.25) is 9.59 Å². The number of aryl methyl sites for hydroxylation is 2. The normalized spacial score (nSPS) is 13.0. The monoisotopic (exact) mass is 426 g/mol.